The average Bonchev–Trinajstić information content (AvgIpc) is 2.29. The molecule has 0 aliphatic heterocycles. The number of ether oxygens (including phenoxy) is 1. The molecule has 0 radical (unpaired) electrons. The van der Waals surface area contributed by atoms with Crippen molar-refractivity contribution in [3.8, 4) is 0 Å². The highest BCUT2D eigenvalue weighted by Crippen LogP contribution is 2.25. The predicted octanol–water partition coefficient (Wildman–Crippen LogP) is 1.15. The number of halogens is 1. The lowest BCUT2D eigenvalue weighted by Gasteiger charge is -2.11. The summed E-state index contributed by atoms with van der Waals surface area (Å²) in [4.78, 5) is -0.196. The molecule has 1 aromatic rings. The summed E-state index contributed by atoms with van der Waals surface area (Å²) in [6, 6.07) is 3.49. The molecule has 0 saturated heterocycles. The zero-order chi connectivity index (χ0) is 16.3. The topological polar surface area (TPSA) is 116 Å². The second kappa shape index (κ2) is 6.93. The van der Waals surface area contributed by atoms with Crippen molar-refractivity contribution in [3.05, 3.63) is 23.2 Å². The Hall–Kier alpha value is -0.870. The SMILES string of the molecule is CC(C)OCCS(=O)(=O)Nc1ccc(S(N)(=O)=O)cc1Cl. The smallest absolute Gasteiger partial charge is 0.238 e. The molecule has 0 amide bonds. The summed E-state index contributed by atoms with van der Waals surface area (Å²) in [7, 11) is -7.53. The van der Waals surface area contributed by atoms with E-state index in [2.05, 4.69) is 4.72 Å². The van der Waals surface area contributed by atoms with E-state index < -0.39 is 20.0 Å². The number of hydrogen-bond donors (Lipinski definition) is 2. The first-order chi connectivity index (χ1) is 9.51. The predicted molar refractivity (Wildman–Crippen MR) is 81.3 cm³/mol. The highest BCUT2D eigenvalue weighted by Gasteiger charge is 2.15. The monoisotopic (exact) mass is 356 g/mol. The molecule has 0 spiro atoms. The van der Waals surface area contributed by atoms with E-state index in [1.807, 2.05) is 0 Å². The van der Waals surface area contributed by atoms with Gasteiger partial charge in [-0.05, 0) is 32.0 Å². The molecule has 21 heavy (non-hydrogen) atoms. The zero-order valence-electron chi connectivity index (χ0n) is 11.5. The molecule has 0 bridgehead atoms. The molecule has 0 atom stereocenters. The van der Waals surface area contributed by atoms with Gasteiger partial charge in [0.15, 0.2) is 0 Å². The number of hydrogen-bond acceptors (Lipinski definition) is 5. The standard InChI is InChI=1S/C11H17ClN2O5S2/c1-8(2)19-5-6-20(15,16)14-11-4-3-9(7-10(11)12)21(13,17)18/h3-4,7-8,14H,5-6H2,1-2H3,(H2,13,17,18). The number of benzene rings is 1. The van der Waals surface area contributed by atoms with Gasteiger partial charge < -0.3 is 4.74 Å². The third-order valence-electron chi connectivity index (χ3n) is 2.34. The minimum Gasteiger partial charge on any atom is -0.378 e. The fourth-order valence-electron chi connectivity index (χ4n) is 1.37. The number of primary sulfonamides is 1. The summed E-state index contributed by atoms with van der Waals surface area (Å²) in [6.07, 6.45) is -0.0715. The van der Waals surface area contributed by atoms with Crippen LogP contribution in [0.3, 0.4) is 0 Å². The van der Waals surface area contributed by atoms with Crippen LogP contribution >= 0.6 is 11.6 Å². The number of anilines is 1. The second-order valence-corrected chi connectivity index (χ2v) is 8.34. The molecular weight excluding hydrogens is 340 g/mol. The Bertz CT molecular complexity index is 701. The maximum atomic E-state index is 11.8. The molecule has 0 saturated carbocycles. The van der Waals surface area contributed by atoms with Crippen LogP contribution in [-0.4, -0.2) is 35.3 Å². The van der Waals surface area contributed by atoms with Crippen molar-refractivity contribution in [3.63, 3.8) is 0 Å². The van der Waals surface area contributed by atoms with E-state index in [1.165, 1.54) is 12.1 Å². The summed E-state index contributed by atoms with van der Waals surface area (Å²) in [6.45, 7) is 3.63. The average molecular weight is 357 g/mol. The van der Waals surface area contributed by atoms with Crippen molar-refractivity contribution >= 4 is 37.3 Å². The van der Waals surface area contributed by atoms with Gasteiger partial charge in [-0.2, -0.15) is 0 Å². The first-order valence-electron chi connectivity index (χ1n) is 5.96. The molecular formula is C11H17ClN2O5S2. The number of sulfonamides is 2. The Morgan fingerprint density at radius 1 is 1.29 bits per heavy atom. The lowest BCUT2D eigenvalue weighted by Crippen LogP contribution is -2.22. The van der Waals surface area contributed by atoms with E-state index in [9.17, 15) is 16.8 Å². The zero-order valence-corrected chi connectivity index (χ0v) is 13.9. The van der Waals surface area contributed by atoms with Gasteiger partial charge in [0.2, 0.25) is 20.0 Å². The molecule has 1 rings (SSSR count). The molecule has 7 nitrogen and oxygen atoms in total. The third kappa shape index (κ3) is 6.18. The van der Waals surface area contributed by atoms with Crippen LogP contribution in [0.2, 0.25) is 5.02 Å². The number of rotatable bonds is 7. The van der Waals surface area contributed by atoms with Gasteiger partial charge in [-0.3, -0.25) is 4.72 Å². The molecule has 0 aromatic heterocycles. The first kappa shape index (κ1) is 18.2. The lowest BCUT2D eigenvalue weighted by atomic mass is 10.3. The fourth-order valence-corrected chi connectivity index (χ4v) is 3.19. The van der Waals surface area contributed by atoms with E-state index in [4.69, 9.17) is 21.5 Å². The van der Waals surface area contributed by atoms with Crippen molar-refractivity contribution in [2.45, 2.75) is 24.8 Å². The molecule has 0 heterocycles. The molecule has 0 aliphatic carbocycles. The van der Waals surface area contributed by atoms with Gasteiger partial charge in [0, 0.05) is 0 Å². The Morgan fingerprint density at radius 3 is 2.38 bits per heavy atom. The van der Waals surface area contributed by atoms with Crippen LogP contribution in [0.5, 0.6) is 0 Å². The third-order valence-corrected chi connectivity index (χ3v) is 4.80. The van der Waals surface area contributed by atoms with Gasteiger partial charge in [-0.25, -0.2) is 22.0 Å². The first-order valence-corrected chi connectivity index (χ1v) is 9.53. The molecule has 0 unspecified atom stereocenters. The molecule has 1 aromatic carbocycles. The molecule has 0 aliphatic rings. The maximum Gasteiger partial charge on any atom is 0.238 e. The van der Waals surface area contributed by atoms with E-state index in [1.54, 1.807) is 13.8 Å². The fraction of sp³-hybridized carbons (Fsp3) is 0.455. The molecule has 3 N–H and O–H groups in total. The maximum absolute atomic E-state index is 11.8. The van der Waals surface area contributed by atoms with Crippen LogP contribution in [-0.2, 0) is 24.8 Å². The summed E-state index contributed by atoms with van der Waals surface area (Å²) in [5.74, 6) is -0.238. The summed E-state index contributed by atoms with van der Waals surface area (Å²) >= 11 is 5.85. The van der Waals surface area contributed by atoms with Crippen LogP contribution in [0.1, 0.15) is 13.8 Å². The second-order valence-electron chi connectivity index (χ2n) is 4.53. The minimum absolute atomic E-state index is 0.0415. The summed E-state index contributed by atoms with van der Waals surface area (Å²) < 4.78 is 53.4. The van der Waals surface area contributed by atoms with E-state index in [-0.39, 0.29) is 34.1 Å². The Balaban J connectivity index is 2.84. The number of nitrogens with two attached hydrogens (primary N) is 1. The summed E-state index contributed by atoms with van der Waals surface area (Å²) in [5.41, 5.74) is 0.0774. The lowest BCUT2D eigenvalue weighted by molar-refractivity contribution is 0.0913. The Kier molecular flexibility index (Phi) is 6.00. The van der Waals surface area contributed by atoms with Gasteiger partial charge in [0.1, 0.15) is 0 Å². The molecule has 0 fully saturated rings. The van der Waals surface area contributed by atoms with Gasteiger partial charge in [-0.15, -0.1) is 0 Å². The summed E-state index contributed by atoms with van der Waals surface area (Å²) in [5, 5.41) is 4.90. The van der Waals surface area contributed by atoms with Crippen LogP contribution in [0.25, 0.3) is 0 Å². The van der Waals surface area contributed by atoms with Crippen LogP contribution in [0, 0.1) is 0 Å². The number of nitrogens with one attached hydrogen (secondary N) is 1. The van der Waals surface area contributed by atoms with E-state index in [0.717, 1.165) is 6.07 Å². The van der Waals surface area contributed by atoms with Crippen LogP contribution in [0.15, 0.2) is 23.1 Å². The van der Waals surface area contributed by atoms with E-state index in [0.29, 0.717) is 0 Å². The molecule has 120 valence electrons. The Labute approximate surface area is 129 Å². The van der Waals surface area contributed by atoms with Crippen molar-refractivity contribution < 1.29 is 21.6 Å². The van der Waals surface area contributed by atoms with Crippen LogP contribution in [0.4, 0.5) is 5.69 Å². The van der Waals surface area contributed by atoms with Gasteiger partial charge >= 0.3 is 0 Å². The van der Waals surface area contributed by atoms with Gasteiger partial charge in [0.25, 0.3) is 0 Å². The van der Waals surface area contributed by atoms with Crippen molar-refractivity contribution in [1.82, 2.24) is 0 Å². The largest absolute Gasteiger partial charge is 0.378 e. The highest BCUT2D eigenvalue weighted by atomic mass is 35.5. The van der Waals surface area contributed by atoms with Crippen molar-refractivity contribution in [1.29, 1.82) is 0 Å². The highest BCUT2D eigenvalue weighted by molar-refractivity contribution is 7.92. The molecule has 10 heteroatoms. The normalized spacial score (nSPS) is 12.6. The Morgan fingerprint density at radius 2 is 1.90 bits per heavy atom. The van der Waals surface area contributed by atoms with E-state index >= 15 is 0 Å². The quantitative estimate of drug-likeness (QED) is 0.760. The van der Waals surface area contributed by atoms with Crippen molar-refractivity contribution in [2.75, 3.05) is 17.1 Å². The van der Waals surface area contributed by atoms with Gasteiger partial charge in [-0.1, -0.05) is 11.6 Å². The van der Waals surface area contributed by atoms with Crippen molar-refractivity contribution in [2.24, 2.45) is 5.14 Å². The van der Waals surface area contributed by atoms with Crippen LogP contribution < -0.4 is 9.86 Å². The minimum atomic E-state index is -3.89. The van der Waals surface area contributed by atoms with Gasteiger partial charge in [0.05, 0.1) is 34.1 Å².